The van der Waals surface area contributed by atoms with Crippen molar-refractivity contribution in [3.05, 3.63) is 12.4 Å². The van der Waals surface area contributed by atoms with E-state index in [1.54, 1.807) is 13.3 Å². The lowest BCUT2D eigenvalue weighted by molar-refractivity contribution is -0.130. The molecule has 0 saturated carbocycles. The zero-order valence-corrected chi connectivity index (χ0v) is 15.6. The first kappa shape index (κ1) is 17.9. The Kier molecular flexibility index (Phi) is 5.73. The van der Waals surface area contributed by atoms with Crippen molar-refractivity contribution in [3.63, 3.8) is 0 Å². The van der Waals surface area contributed by atoms with Crippen LogP contribution in [0.4, 0.5) is 11.6 Å². The summed E-state index contributed by atoms with van der Waals surface area (Å²) in [5.41, 5.74) is 0. The van der Waals surface area contributed by atoms with Crippen LogP contribution < -0.4 is 10.2 Å². The minimum atomic E-state index is 0.222. The number of rotatable bonds is 5. The molecule has 0 bridgehead atoms. The zero-order chi connectivity index (χ0) is 17.8. The highest BCUT2D eigenvalue weighted by Gasteiger charge is 2.29. The normalized spacial score (nSPS) is 22.2. The first-order chi connectivity index (χ1) is 12.0. The highest BCUT2D eigenvalue weighted by Crippen LogP contribution is 2.22. The van der Waals surface area contributed by atoms with E-state index in [1.807, 2.05) is 30.0 Å². The van der Waals surface area contributed by atoms with Gasteiger partial charge in [-0.25, -0.2) is 9.97 Å². The van der Waals surface area contributed by atoms with Gasteiger partial charge in [-0.2, -0.15) is 0 Å². The number of anilines is 2. The largest absolute Gasteiger partial charge is 0.367 e. The molecule has 2 fully saturated rings. The van der Waals surface area contributed by atoms with E-state index in [4.69, 9.17) is 0 Å². The maximum Gasteiger partial charge on any atom is 0.219 e. The van der Waals surface area contributed by atoms with Crippen LogP contribution in [0.15, 0.2) is 12.4 Å². The summed E-state index contributed by atoms with van der Waals surface area (Å²) in [6, 6.07) is 2.86. The molecule has 1 amide bonds. The average molecular weight is 346 g/mol. The maximum atomic E-state index is 11.7. The van der Waals surface area contributed by atoms with Gasteiger partial charge in [0.05, 0.1) is 0 Å². The number of nitrogens with one attached hydrogen (secondary N) is 1. The van der Waals surface area contributed by atoms with Crippen molar-refractivity contribution >= 4 is 17.5 Å². The van der Waals surface area contributed by atoms with E-state index in [1.165, 1.54) is 0 Å². The van der Waals surface area contributed by atoms with E-state index in [0.717, 1.165) is 63.5 Å². The Morgan fingerprint density at radius 3 is 2.68 bits per heavy atom. The van der Waals surface area contributed by atoms with Crippen LogP contribution in [0.1, 0.15) is 32.6 Å². The molecule has 0 aromatic carbocycles. The molecular formula is C18H30N6O. The van der Waals surface area contributed by atoms with Gasteiger partial charge in [0.15, 0.2) is 0 Å². The van der Waals surface area contributed by atoms with Gasteiger partial charge in [-0.15, -0.1) is 0 Å². The summed E-state index contributed by atoms with van der Waals surface area (Å²) >= 11 is 0. The second-order valence-corrected chi connectivity index (χ2v) is 7.38. The van der Waals surface area contributed by atoms with Crippen LogP contribution in [0, 0.1) is 0 Å². The second-order valence-electron chi connectivity index (χ2n) is 7.38. The number of carbonyl (C=O) groups is 1. The molecule has 1 aromatic rings. The Morgan fingerprint density at radius 2 is 2.00 bits per heavy atom. The smallest absolute Gasteiger partial charge is 0.219 e. The fourth-order valence-electron chi connectivity index (χ4n) is 3.88. The lowest BCUT2D eigenvalue weighted by atomic mass is 10.0. The van der Waals surface area contributed by atoms with E-state index in [-0.39, 0.29) is 5.91 Å². The zero-order valence-electron chi connectivity index (χ0n) is 15.6. The van der Waals surface area contributed by atoms with Crippen LogP contribution in [0.2, 0.25) is 0 Å². The van der Waals surface area contributed by atoms with Gasteiger partial charge in [0, 0.05) is 65.3 Å². The van der Waals surface area contributed by atoms with Crippen molar-refractivity contribution < 1.29 is 4.79 Å². The number of hydrogen-bond acceptors (Lipinski definition) is 6. The summed E-state index contributed by atoms with van der Waals surface area (Å²) in [6.07, 6.45) is 6.11. The van der Waals surface area contributed by atoms with Gasteiger partial charge in [0.1, 0.15) is 18.0 Å². The van der Waals surface area contributed by atoms with E-state index in [2.05, 4.69) is 20.2 Å². The first-order valence-electron chi connectivity index (χ1n) is 9.28. The molecule has 1 aromatic heterocycles. The van der Waals surface area contributed by atoms with Crippen molar-refractivity contribution in [2.45, 2.75) is 44.7 Å². The van der Waals surface area contributed by atoms with E-state index < -0.39 is 0 Å². The molecule has 0 aliphatic carbocycles. The van der Waals surface area contributed by atoms with Crippen LogP contribution in [-0.2, 0) is 4.79 Å². The molecule has 3 heterocycles. The van der Waals surface area contributed by atoms with Gasteiger partial charge in [-0.05, 0) is 25.7 Å². The number of amides is 1. The summed E-state index contributed by atoms with van der Waals surface area (Å²) in [7, 11) is 3.97. The van der Waals surface area contributed by atoms with E-state index >= 15 is 0 Å². The summed E-state index contributed by atoms with van der Waals surface area (Å²) in [5, 5.41) is 3.55. The number of piperidine rings is 1. The van der Waals surface area contributed by atoms with Gasteiger partial charge in [-0.3, -0.25) is 4.79 Å². The Labute approximate surface area is 150 Å². The highest BCUT2D eigenvalue weighted by molar-refractivity contribution is 5.73. The van der Waals surface area contributed by atoms with E-state index in [9.17, 15) is 4.79 Å². The number of likely N-dealkylation sites (tertiary alicyclic amines) is 2. The minimum absolute atomic E-state index is 0.222. The Hall–Kier alpha value is -1.89. The Morgan fingerprint density at radius 1 is 1.24 bits per heavy atom. The number of hydrogen-bond donors (Lipinski definition) is 1. The molecule has 1 atom stereocenters. The molecule has 25 heavy (non-hydrogen) atoms. The molecule has 138 valence electrons. The number of carbonyl (C=O) groups excluding carboxylic acids is 1. The van der Waals surface area contributed by atoms with E-state index in [0.29, 0.717) is 12.1 Å². The highest BCUT2D eigenvalue weighted by atomic mass is 16.2. The topological polar surface area (TPSA) is 64.6 Å². The lowest BCUT2D eigenvalue weighted by Gasteiger charge is -2.36. The molecule has 7 heteroatoms. The summed E-state index contributed by atoms with van der Waals surface area (Å²) < 4.78 is 0. The van der Waals surface area contributed by atoms with Crippen LogP contribution in [0.25, 0.3) is 0 Å². The Balaban J connectivity index is 1.47. The SMILES string of the molecule is CC(=O)N1CCCC1CN1CCC(Nc2cc(N(C)C)ncn2)CC1. The lowest BCUT2D eigenvalue weighted by Crippen LogP contribution is -2.46. The molecule has 2 aliphatic rings. The number of aromatic nitrogens is 2. The van der Waals surface area contributed by atoms with Crippen LogP contribution in [0.5, 0.6) is 0 Å². The molecule has 1 unspecified atom stereocenters. The van der Waals surface area contributed by atoms with Crippen molar-refractivity contribution in [3.8, 4) is 0 Å². The van der Waals surface area contributed by atoms with Crippen molar-refractivity contribution in [1.29, 1.82) is 0 Å². The van der Waals surface area contributed by atoms with Gasteiger partial charge in [0.2, 0.25) is 5.91 Å². The van der Waals surface area contributed by atoms with Crippen molar-refractivity contribution in [1.82, 2.24) is 19.8 Å². The second kappa shape index (κ2) is 7.99. The third-order valence-electron chi connectivity index (χ3n) is 5.30. The van der Waals surface area contributed by atoms with Crippen LogP contribution in [-0.4, -0.2) is 78.0 Å². The van der Waals surface area contributed by atoms with Crippen molar-refractivity contribution in [2.24, 2.45) is 0 Å². The fourth-order valence-corrected chi connectivity index (χ4v) is 3.88. The quantitative estimate of drug-likeness (QED) is 0.870. The van der Waals surface area contributed by atoms with Gasteiger partial charge < -0.3 is 20.0 Å². The van der Waals surface area contributed by atoms with Gasteiger partial charge >= 0.3 is 0 Å². The third kappa shape index (κ3) is 4.60. The summed E-state index contributed by atoms with van der Waals surface area (Å²) in [4.78, 5) is 26.9. The average Bonchev–Trinajstić information content (AvgIpc) is 3.05. The van der Waals surface area contributed by atoms with Crippen LogP contribution >= 0.6 is 0 Å². The standard InChI is InChI=1S/C18H30N6O/c1-14(25)24-8-4-5-16(24)12-23-9-6-15(7-10-23)21-17-11-18(22(2)3)20-13-19-17/h11,13,15-16H,4-10,12H2,1-3H3,(H,19,20,21). The summed E-state index contributed by atoms with van der Waals surface area (Å²) in [5.74, 6) is 2.04. The maximum absolute atomic E-state index is 11.7. The molecule has 2 aliphatic heterocycles. The van der Waals surface area contributed by atoms with Gasteiger partial charge in [0.25, 0.3) is 0 Å². The Bertz CT molecular complexity index is 585. The predicted molar refractivity (Wildman–Crippen MR) is 99.9 cm³/mol. The molecule has 7 nitrogen and oxygen atoms in total. The monoisotopic (exact) mass is 346 g/mol. The third-order valence-corrected chi connectivity index (χ3v) is 5.30. The molecule has 3 rings (SSSR count). The molecule has 2 saturated heterocycles. The van der Waals surface area contributed by atoms with Crippen LogP contribution in [0.3, 0.4) is 0 Å². The summed E-state index contributed by atoms with van der Waals surface area (Å²) in [6.45, 7) is 5.79. The predicted octanol–water partition coefficient (Wildman–Crippen LogP) is 1.43. The minimum Gasteiger partial charge on any atom is -0.367 e. The first-order valence-corrected chi connectivity index (χ1v) is 9.28. The van der Waals surface area contributed by atoms with Gasteiger partial charge in [-0.1, -0.05) is 0 Å². The van der Waals surface area contributed by atoms with Crippen molar-refractivity contribution in [2.75, 3.05) is 50.5 Å². The number of nitrogens with zero attached hydrogens (tertiary/aromatic N) is 5. The molecule has 0 radical (unpaired) electrons. The fraction of sp³-hybridized carbons (Fsp3) is 0.722. The molecule has 1 N–H and O–H groups in total. The molecular weight excluding hydrogens is 316 g/mol. The molecule has 0 spiro atoms.